The van der Waals surface area contributed by atoms with Gasteiger partial charge in [-0.2, -0.15) is 5.10 Å². The highest BCUT2D eigenvalue weighted by Crippen LogP contribution is 2.27. The molecule has 0 saturated heterocycles. The summed E-state index contributed by atoms with van der Waals surface area (Å²) in [6.45, 7) is 7.30. The zero-order chi connectivity index (χ0) is 13.2. The zero-order valence-electron chi connectivity index (χ0n) is 10.7. The number of hydrogen-bond acceptors (Lipinski definition) is 4. The summed E-state index contributed by atoms with van der Waals surface area (Å²) in [5.74, 6) is 0. The van der Waals surface area contributed by atoms with Crippen LogP contribution in [0.4, 0.5) is 5.69 Å². The molecular formula is C11H19N3O3. The van der Waals surface area contributed by atoms with E-state index >= 15 is 0 Å². The highest BCUT2D eigenvalue weighted by Gasteiger charge is 2.27. The second kappa shape index (κ2) is 5.27. The Bertz CT molecular complexity index is 412. The highest BCUT2D eigenvalue weighted by atomic mass is 16.6. The number of aliphatic hydroxyl groups excluding tert-OH is 1. The van der Waals surface area contributed by atoms with Gasteiger partial charge in [0, 0.05) is 12.5 Å². The van der Waals surface area contributed by atoms with Crippen molar-refractivity contribution in [1.29, 1.82) is 0 Å². The predicted octanol–water partition coefficient (Wildman–Crippen LogP) is 1.99. The van der Waals surface area contributed by atoms with Crippen LogP contribution >= 0.6 is 0 Å². The smallest absolute Gasteiger partial charge is 0.313 e. The van der Waals surface area contributed by atoms with E-state index in [1.807, 2.05) is 20.8 Å². The van der Waals surface area contributed by atoms with Crippen LogP contribution < -0.4 is 0 Å². The maximum Gasteiger partial charge on any atom is 0.313 e. The third-order valence-electron chi connectivity index (χ3n) is 2.72. The van der Waals surface area contributed by atoms with Crippen molar-refractivity contribution in [3.8, 4) is 0 Å². The number of aryl methyl sites for hydroxylation is 1. The first-order chi connectivity index (χ1) is 7.88. The van der Waals surface area contributed by atoms with Crippen LogP contribution in [0.5, 0.6) is 0 Å². The van der Waals surface area contributed by atoms with Crippen LogP contribution in [0.1, 0.15) is 44.6 Å². The fourth-order valence-electron chi connectivity index (χ4n) is 1.81. The van der Waals surface area contributed by atoms with Gasteiger partial charge in [0.15, 0.2) is 0 Å². The van der Waals surface area contributed by atoms with Gasteiger partial charge in [0.1, 0.15) is 11.4 Å². The molecule has 0 spiro atoms. The lowest BCUT2D eigenvalue weighted by molar-refractivity contribution is -0.386. The predicted molar refractivity (Wildman–Crippen MR) is 64.0 cm³/mol. The average molecular weight is 241 g/mol. The van der Waals surface area contributed by atoms with Gasteiger partial charge in [-0.05, 0) is 27.2 Å². The van der Waals surface area contributed by atoms with E-state index in [0.29, 0.717) is 17.8 Å². The fraction of sp³-hybridized carbons (Fsp3) is 0.727. The molecule has 17 heavy (non-hydrogen) atoms. The van der Waals surface area contributed by atoms with Gasteiger partial charge in [-0.1, -0.05) is 6.92 Å². The molecule has 6 nitrogen and oxygen atoms in total. The van der Waals surface area contributed by atoms with Crippen LogP contribution in [0.2, 0.25) is 0 Å². The first-order valence-corrected chi connectivity index (χ1v) is 5.78. The van der Waals surface area contributed by atoms with Crippen molar-refractivity contribution in [2.24, 2.45) is 0 Å². The lowest BCUT2D eigenvalue weighted by atomic mass is 10.1. The SMILES string of the molecule is CCC(O)Cc1c([N+](=O)[O-])c(C)nn1C(C)C. The highest BCUT2D eigenvalue weighted by molar-refractivity contribution is 5.41. The number of nitrogens with zero attached hydrogens (tertiary/aromatic N) is 3. The Balaban J connectivity index is 3.25. The first kappa shape index (κ1) is 13.6. The van der Waals surface area contributed by atoms with Crippen molar-refractivity contribution in [3.63, 3.8) is 0 Å². The fourth-order valence-corrected chi connectivity index (χ4v) is 1.81. The maximum absolute atomic E-state index is 11.0. The summed E-state index contributed by atoms with van der Waals surface area (Å²) in [5.41, 5.74) is 0.949. The summed E-state index contributed by atoms with van der Waals surface area (Å²) in [4.78, 5) is 10.6. The minimum Gasteiger partial charge on any atom is -0.393 e. The molecule has 6 heteroatoms. The van der Waals surface area contributed by atoms with Crippen LogP contribution in [0.25, 0.3) is 0 Å². The summed E-state index contributed by atoms with van der Waals surface area (Å²) in [5, 5.41) is 24.9. The molecule has 0 aromatic carbocycles. The molecule has 1 atom stereocenters. The van der Waals surface area contributed by atoms with Gasteiger partial charge in [-0.3, -0.25) is 14.8 Å². The third kappa shape index (κ3) is 2.82. The molecule has 0 radical (unpaired) electrons. The summed E-state index contributed by atoms with van der Waals surface area (Å²) >= 11 is 0. The second-order valence-corrected chi connectivity index (χ2v) is 4.44. The van der Waals surface area contributed by atoms with Gasteiger partial charge in [-0.15, -0.1) is 0 Å². The molecule has 0 amide bonds. The minimum absolute atomic E-state index is 0.0335. The van der Waals surface area contributed by atoms with Crippen LogP contribution in [0.15, 0.2) is 0 Å². The summed E-state index contributed by atoms with van der Waals surface area (Å²) in [6, 6.07) is 0.0430. The Labute approximate surface area is 100 Å². The van der Waals surface area contributed by atoms with E-state index in [4.69, 9.17) is 0 Å². The van der Waals surface area contributed by atoms with E-state index in [0.717, 1.165) is 0 Å². The molecule has 1 aromatic heterocycles. The zero-order valence-corrected chi connectivity index (χ0v) is 10.7. The monoisotopic (exact) mass is 241 g/mol. The molecule has 1 unspecified atom stereocenters. The van der Waals surface area contributed by atoms with E-state index in [1.54, 1.807) is 11.6 Å². The van der Waals surface area contributed by atoms with Crippen molar-refractivity contribution in [2.45, 2.75) is 52.7 Å². The quantitative estimate of drug-likeness (QED) is 0.631. The third-order valence-corrected chi connectivity index (χ3v) is 2.72. The first-order valence-electron chi connectivity index (χ1n) is 5.78. The van der Waals surface area contributed by atoms with Crippen molar-refractivity contribution >= 4 is 5.69 Å². The standard InChI is InChI=1S/C11H19N3O3/c1-5-9(15)6-10-11(14(16)17)8(4)12-13(10)7(2)3/h7,9,15H,5-6H2,1-4H3. The van der Waals surface area contributed by atoms with E-state index in [2.05, 4.69) is 5.10 Å². The molecule has 96 valence electrons. The number of nitro groups is 1. The Morgan fingerprint density at radius 1 is 1.53 bits per heavy atom. The normalized spacial score (nSPS) is 13.1. The Morgan fingerprint density at radius 2 is 2.12 bits per heavy atom. The lowest BCUT2D eigenvalue weighted by Crippen LogP contribution is -2.16. The number of aliphatic hydroxyl groups is 1. The molecule has 1 rings (SSSR count). The van der Waals surface area contributed by atoms with Crippen molar-refractivity contribution < 1.29 is 10.0 Å². The molecule has 1 N–H and O–H groups in total. The van der Waals surface area contributed by atoms with Gasteiger partial charge in [-0.25, -0.2) is 0 Å². The Morgan fingerprint density at radius 3 is 2.53 bits per heavy atom. The van der Waals surface area contributed by atoms with Gasteiger partial charge in [0.2, 0.25) is 0 Å². The maximum atomic E-state index is 11.0. The van der Waals surface area contributed by atoms with Crippen LogP contribution in [0.3, 0.4) is 0 Å². The molecule has 0 bridgehead atoms. The van der Waals surface area contributed by atoms with Crippen LogP contribution in [-0.4, -0.2) is 25.9 Å². The molecule has 1 heterocycles. The number of rotatable bonds is 5. The molecule has 0 aliphatic heterocycles. The van der Waals surface area contributed by atoms with E-state index in [1.165, 1.54) is 0 Å². The summed E-state index contributed by atoms with van der Waals surface area (Å²) < 4.78 is 1.63. The van der Waals surface area contributed by atoms with Gasteiger partial charge in [0.05, 0.1) is 11.0 Å². The number of hydrogen-bond donors (Lipinski definition) is 1. The molecule has 1 aromatic rings. The molecule has 0 aliphatic carbocycles. The van der Waals surface area contributed by atoms with Crippen molar-refractivity contribution in [2.75, 3.05) is 0 Å². The average Bonchev–Trinajstić information content (AvgIpc) is 2.55. The summed E-state index contributed by atoms with van der Waals surface area (Å²) in [6.07, 6.45) is 0.271. The second-order valence-electron chi connectivity index (χ2n) is 4.44. The van der Waals surface area contributed by atoms with Gasteiger partial charge < -0.3 is 5.11 Å². The summed E-state index contributed by atoms with van der Waals surface area (Å²) in [7, 11) is 0. The molecular weight excluding hydrogens is 222 g/mol. The molecule has 0 aliphatic rings. The van der Waals surface area contributed by atoms with Gasteiger partial charge in [0.25, 0.3) is 0 Å². The minimum atomic E-state index is -0.567. The van der Waals surface area contributed by atoms with Crippen molar-refractivity contribution in [3.05, 3.63) is 21.5 Å². The largest absolute Gasteiger partial charge is 0.393 e. The van der Waals surface area contributed by atoms with E-state index < -0.39 is 11.0 Å². The lowest BCUT2D eigenvalue weighted by Gasteiger charge is -2.12. The Kier molecular flexibility index (Phi) is 4.22. The van der Waals surface area contributed by atoms with Crippen LogP contribution in [-0.2, 0) is 6.42 Å². The van der Waals surface area contributed by atoms with Crippen molar-refractivity contribution in [1.82, 2.24) is 9.78 Å². The molecule has 0 saturated carbocycles. The number of aromatic nitrogens is 2. The van der Waals surface area contributed by atoms with E-state index in [-0.39, 0.29) is 18.2 Å². The van der Waals surface area contributed by atoms with Gasteiger partial charge >= 0.3 is 5.69 Å². The topological polar surface area (TPSA) is 81.2 Å². The van der Waals surface area contributed by atoms with E-state index in [9.17, 15) is 15.2 Å². The van der Waals surface area contributed by atoms with Crippen LogP contribution in [0, 0.1) is 17.0 Å². The molecule has 0 fully saturated rings. The Hall–Kier alpha value is -1.43.